The zero-order valence-electron chi connectivity index (χ0n) is 12.2. The van der Waals surface area contributed by atoms with Crippen molar-refractivity contribution >= 4 is 10.0 Å². The molecule has 0 radical (unpaired) electrons. The van der Waals surface area contributed by atoms with E-state index in [2.05, 4.69) is 25.6 Å². The van der Waals surface area contributed by atoms with Gasteiger partial charge in [-0.3, -0.25) is 0 Å². The number of hydrogen-bond acceptors (Lipinski definition) is 6. The lowest BCUT2D eigenvalue weighted by Crippen LogP contribution is -2.30. The summed E-state index contributed by atoms with van der Waals surface area (Å²) < 4.78 is 64.7. The molecule has 128 valence electrons. The number of alkyl halides is 3. The minimum absolute atomic E-state index is 0.0300. The quantitative estimate of drug-likeness (QED) is 0.878. The first-order chi connectivity index (χ1) is 11.2. The average Bonchev–Trinajstić information content (AvgIpc) is 3.20. The van der Waals surface area contributed by atoms with Crippen molar-refractivity contribution in [3.63, 3.8) is 0 Å². The van der Waals surface area contributed by atoms with Gasteiger partial charge in [-0.25, -0.2) is 8.42 Å². The first-order valence-corrected chi connectivity index (χ1v) is 8.03. The zero-order valence-corrected chi connectivity index (χ0v) is 13.0. The van der Waals surface area contributed by atoms with E-state index in [-0.39, 0.29) is 17.0 Å². The van der Waals surface area contributed by atoms with Crippen molar-refractivity contribution in [3.8, 4) is 0 Å². The van der Waals surface area contributed by atoms with Crippen LogP contribution in [0.3, 0.4) is 0 Å². The molecule has 2 aromatic rings. The Balaban J connectivity index is 1.82. The van der Waals surface area contributed by atoms with Crippen LogP contribution in [0.2, 0.25) is 0 Å². The highest BCUT2D eigenvalue weighted by Crippen LogP contribution is 2.52. The van der Waals surface area contributed by atoms with E-state index in [0.29, 0.717) is 5.69 Å². The minimum Gasteiger partial charge on any atom is -0.207 e. The van der Waals surface area contributed by atoms with Crippen molar-refractivity contribution in [2.75, 3.05) is 7.05 Å². The van der Waals surface area contributed by atoms with Gasteiger partial charge in [-0.15, -0.1) is 10.2 Å². The van der Waals surface area contributed by atoms with E-state index in [0.717, 1.165) is 28.6 Å². The van der Waals surface area contributed by atoms with Gasteiger partial charge in [0.2, 0.25) is 10.0 Å². The Morgan fingerprint density at radius 3 is 2.29 bits per heavy atom. The van der Waals surface area contributed by atoms with Gasteiger partial charge in [-0.2, -0.15) is 32.9 Å². The summed E-state index contributed by atoms with van der Waals surface area (Å²) in [7, 11) is -2.55. The normalized spacial score (nSPS) is 16.5. The van der Waals surface area contributed by atoms with Crippen LogP contribution in [0.15, 0.2) is 45.6 Å². The van der Waals surface area contributed by atoms with Crippen LogP contribution in [0.5, 0.6) is 0 Å². The summed E-state index contributed by atoms with van der Waals surface area (Å²) in [6, 6.07) is 4.32. The van der Waals surface area contributed by atoms with Gasteiger partial charge in [0.1, 0.15) is 0 Å². The molecule has 0 atom stereocenters. The topological polar surface area (TPSA) is 104 Å². The van der Waals surface area contributed by atoms with Crippen LogP contribution in [0, 0.1) is 0 Å². The maximum Gasteiger partial charge on any atom is 0.442 e. The van der Waals surface area contributed by atoms with Crippen molar-refractivity contribution in [1.82, 2.24) is 19.7 Å². The summed E-state index contributed by atoms with van der Waals surface area (Å²) in [6.07, 6.45) is -3.28. The maximum atomic E-state index is 12.9. The third-order valence-corrected chi connectivity index (χ3v) is 5.33. The van der Waals surface area contributed by atoms with Crippen molar-refractivity contribution < 1.29 is 21.6 Å². The van der Waals surface area contributed by atoms with Crippen LogP contribution in [0.25, 0.3) is 0 Å². The number of nitrogens with one attached hydrogen (secondary N) is 1. The summed E-state index contributed by atoms with van der Waals surface area (Å²) >= 11 is 0. The Kier molecular flexibility index (Phi) is 3.68. The van der Waals surface area contributed by atoms with Crippen molar-refractivity contribution in [2.45, 2.75) is 23.3 Å². The molecule has 1 N–H and O–H groups in total. The van der Waals surface area contributed by atoms with E-state index >= 15 is 0 Å². The molecule has 0 saturated heterocycles. The second kappa shape index (κ2) is 5.34. The smallest absolute Gasteiger partial charge is 0.207 e. The predicted octanol–water partition coefficient (Wildman–Crippen LogP) is 1.81. The van der Waals surface area contributed by atoms with E-state index in [9.17, 15) is 21.6 Å². The van der Waals surface area contributed by atoms with E-state index in [1.54, 1.807) is 0 Å². The molecular formula is C12H11F3N6O2S. The standard InChI is InChI=1S/C12H11F3N6O2S/c1-21(7-9-6-16-20-17-9)24(22,23)10-4-2-8(3-5-10)11(18-19-11)12(13,14)15/h2-6H,7H2,1H3,(H,16,17,20). The Hall–Kier alpha value is -2.34. The molecule has 2 heterocycles. The van der Waals surface area contributed by atoms with Crippen LogP contribution in [0.1, 0.15) is 11.3 Å². The molecule has 1 aromatic carbocycles. The van der Waals surface area contributed by atoms with Gasteiger partial charge < -0.3 is 0 Å². The highest BCUT2D eigenvalue weighted by Gasteiger charge is 2.65. The number of aromatic amines is 1. The van der Waals surface area contributed by atoms with Gasteiger partial charge in [0.25, 0.3) is 0 Å². The average molecular weight is 360 g/mol. The lowest BCUT2D eigenvalue weighted by atomic mass is 10.0. The van der Waals surface area contributed by atoms with E-state index in [1.807, 2.05) is 0 Å². The molecule has 3 rings (SSSR count). The van der Waals surface area contributed by atoms with Gasteiger partial charge >= 0.3 is 11.8 Å². The molecule has 1 aliphatic heterocycles. The van der Waals surface area contributed by atoms with E-state index < -0.39 is 21.9 Å². The third-order valence-electron chi connectivity index (χ3n) is 3.51. The fourth-order valence-electron chi connectivity index (χ4n) is 2.10. The van der Waals surface area contributed by atoms with Crippen molar-refractivity contribution in [1.29, 1.82) is 0 Å². The lowest BCUT2D eigenvalue weighted by molar-refractivity contribution is -0.166. The van der Waals surface area contributed by atoms with Crippen LogP contribution in [-0.2, 0) is 22.2 Å². The number of halogens is 3. The fraction of sp³-hybridized carbons (Fsp3) is 0.333. The summed E-state index contributed by atoms with van der Waals surface area (Å²) in [5, 5.41) is 15.8. The molecule has 0 spiro atoms. The molecule has 0 unspecified atom stereocenters. The zero-order chi connectivity index (χ0) is 17.6. The Bertz CT molecular complexity index is 855. The second-order valence-corrected chi connectivity index (χ2v) is 7.16. The molecule has 0 saturated carbocycles. The summed E-state index contributed by atoms with van der Waals surface area (Å²) in [5.41, 5.74) is -2.39. The molecule has 8 nitrogen and oxygen atoms in total. The molecular weight excluding hydrogens is 349 g/mol. The molecule has 0 bridgehead atoms. The predicted molar refractivity (Wildman–Crippen MR) is 74.1 cm³/mol. The molecule has 24 heavy (non-hydrogen) atoms. The first kappa shape index (κ1) is 16.5. The van der Waals surface area contributed by atoms with Crippen LogP contribution >= 0.6 is 0 Å². The Morgan fingerprint density at radius 2 is 1.83 bits per heavy atom. The van der Waals surface area contributed by atoms with Gasteiger partial charge in [0.05, 0.1) is 23.3 Å². The van der Waals surface area contributed by atoms with Gasteiger partial charge in [-0.1, -0.05) is 12.1 Å². The number of sulfonamides is 1. The number of aromatic nitrogens is 3. The monoisotopic (exact) mass is 360 g/mol. The summed E-state index contributed by atoms with van der Waals surface area (Å²) in [4.78, 5) is -0.143. The Labute approximate surface area is 134 Å². The highest BCUT2D eigenvalue weighted by molar-refractivity contribution is 7.89. The van der Waals surface area contributed by atoms with Crippen molar-refractivity contribution in [2.24, 2.45) is 10.2 Å². The van der Waals surface area contributed by atoms with Gasteiger partial charge in [-0.05, 0) is 12.1 Å². The number of H-pyrrole nitrogens is 1. The summed E-state index contributed by atoms with van der Waals surface area (Å²) in [5.74, 6) is 0. The molecule has 1 aromatic heterocycles. The molecule has 0 fully saturated rings. The van der Waals surface area contributed by atoms with Crippen molar-refractivity contribution in [3.05, 3.63) is 41.7 Å². The van der Waals surface area contributed by atoms with Gasteiger partial charge in [0.15, 0.2) is 0 Å². The fourth-order valence-corrected chi connectivity index (χ4v) is 3.24. The minimum atomic E-state index is -4.66. The number of rotatable bonds is 5. The number of benzene rings is 1. The Morgan fingerprint density at radius 1 is 1.21 bits per heavy atom. The first-order valence-electron chi connectivity index (χ1n) is 6.59. The molecule has 0 aliphatic carbocycles. The van der Waals surface area contributed by atoms with Crippen LogP contribution in [-0.4, -0.2) is 41.4 Å². The van der Waals surface area contributed by atoms with E-state index in [1.165, 1.54) is 13.2 Å². The van der Waals surface area contributed by atoms with E-state index in [4.69, 9.17) is 0 Å². The second-order valence-electron chi connectivity index (χ2n) is 5.12. The summed E-state index contributed by atoms with van der Waals surface area (Å²) in [6.45, 7) is -0.0300. The molecule has 1 aliphatic rings. The highest BCUT2D eigenvalue weighted by atomic mass is 32.2. The molecule has 12 heteroatoms. The largest absolute Gasteiger partial charge is 0.442 e. The van der Waals surface area contributed by atoms with Gasteiger partial charge in [0, 0.05) is 12.6 Å². The lowest BCUT2D eigenvalue weighted by Gasteiger charge is -2.17. The van der Waals surface area contributed by atoms with Crippen LogP contribution < -0.4 is 0 Å². The maximum absolute atomic E-state index is 12.9. The number of hydrogen-bond donors (Lipinski definition) is 1. The van der Waals surface area contributed by atoms with Crippen LogP contribution in [0.4, 0.5) is 13.2 Å². The SMILES string of the molecule is CN(Cc1cn[nH]n1)S(=O)(=O)c1ccc(C2(C(F)(F)F)N=N2)cc1. The number of nitrogens with zero attached hydrogens (tertiary/aromatic N) is 5. The third kappa shape index (κ3) is 2.67. The molecule has 0 amide bonds.